The number of H-pyrrole nitrogens is 1. The van der Waals surface area contributed by atoms with E-state index in [2.05, 4.69) is 47.9 Å². The highest BCUT2D eigenvalue weighted by molar-refractivity contribution is 5.71. The lowest BCUT2D eigenvalue weighted by molar-refractivity contribution is 0.189. The number of hydrogen-bond acceptors (Lipinski definition) is 7. The van der Waals surface area contributed by atoms with Crippen molar-refractivity contribution < 1.29 is 9.90 Å². The number of carbonyl (C=O) groups is 1. The van der Waals surface area contributed by atoms with Crippen molar-refractivity contribution in [2.24, 2.45) is 5.92 Å². The number of anilines is 3. The van der Waals surface area contributed by atoms with Gasteiger partial charge in [0.05, 0.1) is 18.1 Å². The molecule has 4 heterocycles. The Labute approximate surface area is 219 Å². The van der Waals surface area contributed by atoms with Crippen molar-refractivity contribution in [2.45, 2.75) is 71.8 Å². The van der Waals surface area contributed by atoms with Gasteiger partial charge in [-0.1, -0.05) is 46.5 Å². The number of hydrogen-bond donors (Lipinski definition) is 5. The van der Waals surface area contributed by atoms with Crippen molar-refractivity contribution in [2.75, 3.05) is 36.4 Å². The molecule has 0 bridgehead atoms. The van der Waals surface area contributed by atoms with Gasteiger partial charge < -0.3 is 26.0 Å². The summed E-state index contributed by atoms with van der Waals surface area (Å²) in [4.78, 5) is 21.3. The third-order valence-corrected chi connectivity index (χ3v) is 6.66. The van der Waals surface area contributed by atoms with E-state index < -0.39 is 6.09 Å². The number of rotatable bonds is 4. The quantitative estimate of drug-likeness (QED) is 0.341. The van der Waals surface area contributed by atoms with Gasteiger partial charge in [-0.05, 0) is 25.7 Å². The molecule has 1 aliphatic heterocycles. The highest BCUT2D eigenvalue weighted by atomic mass is 16.4. The average molecular weight is 514 g/mol. The monoisotopic (exact) mass is 513 g/mol. The van der Waals surface area contributed by atoms with Crippen LogP contribution in [0, 0.1) is 5.92 Å². The van der Waals surface area contributed by atoms with Crippen LogP contribution in [0.2, 0.25) is 0 Å². The molecule has 0 radical (unpaired) electrons. The number of amides is 1. The smallest absolute Gasteiger partial charge is 0.405 e. The zero-order chi connectivity index (χ0) is 26.7. The number of aromatic nitrogens is 5. The molecular weight excluding hydrogens is 470 g/mol. The zero-order valence-corrected chi connectivity index (χ0v) is 22.6. The Morgan fingerprint density at radius 3 is 2.35 bits per heavy atom. The van der Waals surface area contributed by atoms with Crippen LogP contribution in [0.3, 0.4) is 0 Å². The van der Waals surface area contributed by atoms with Crippen LogP contribution in [-0.4, -0.2) is 67.5 Å². The van der Waals surface area contributed by atoms with Gasteiger partial charge in [-0.3, -0.25) is 9.50 Å². The lowest BCUT2D eigenvalue weighted by atomic mass is 10.2. The lowest BCUT2D eigenvalue weighted by Gasteiger charge is -2.29. The Hall–Kier alpha value is -3.34. The van der Waals surface area contributed by atoms with Gasteiger partial charge in [0.25, 0.3) is 0 Å². The first-order valence-corrected chi connectivity index (χ1v) is 13.5. The number of nitrogens with zero attached hydrogens (tertiary/aromatic N) is 5. The van der Waals surface area contributed by atoms with E-state index in [0.29, 0.717) is 5.95 Å². The van der Waals surface area contributed by atoms with Crippen LogP contribution in [0.25, 0.3) is 5.65 Å². The van der Waals surface area contributed by atoms with Crippen molar-refractivity contribution >= 4 is 29.2 Å². The van der Waals surface area contributed by atoms with Crippen molar-refractivity contribution in [1.82, 2.24) is 35.2 Å². The molecule has 5 N–H and O–H groups in total. The van der Waals surface area contributed by atoms with E-state index in [-0.39, 0.29) is 5.54 Å². The highest BCUT2D eigenvalue weighted by Crippen LogP contribution is 2.33. The Morgan fingerprint density at radius 1 is 1.14 bits per heavy atom. The molecule has 1 saturated heterocycles. The number of imidazole rings is 1. The Balaban J connectivity index is 0.000000195. The summed E-state index contributed by atoms with van der Waals surface area (Å²) in [6.45, 7) is 12.2. The SMILES string of the molecule is CC.CC1(NC(=O)O)CC1.CC1CCCC1.c1cc(Nc2ncc(N3CCNCC3)c3nccn23)[nH]n1. The van der Waals surface area contributed by atoms with E-state index in [4.69, 9.17) is 5.11 Å². The van der Waals surface area contributed by atoms with Crippen LogP contribution in [0.1, 0.15) is 66.2 Å². The van der Waals surface area contributed by atoms with Crippen molar-refractivity contribution in [3.63, 3.8) is 0 Å². The van der Waals surface area contributed by atoms with E-state index >= 15 is 0 Å². The number of aromatic amines is 1. The van der Waals surface area contributed by atoms with Gasteiger partial charge in [0, 0.05) is 50.2 Å². The maximum atomic E-state index is 9.94. The van der Waals surface area contributed by atoms with E-state index in [9.17, 15) is 4.79 Å². The summed E-state index contributed by atoms with van der Waals surface area (Å²) in [7, 11) is 0. The molecule has 6 rings (SSSR count). The van der Waals surface area contributed by atoms with Crippen LogP contribution in [0.4, 0.5) is 22.2 Å². The number of carboxylic acid groups (broad SMARTS) is 1. The second kappa shape index (κ2) is 13.8. The fraction of sp³-hybridized carbons (Fsp3) is 0.615. The number of fused-ring (bicyclic) bond motifs is 1. The predicted octanol–water partition coefficient (Wildman–Crippen LogP) is 4.63. The van der Waals surface area contributed by atoms with Gasteiger partial charge in [0.2, 0.25) is 5.95 Å². The molecule has 1 amide bonds. The van der Waals surface area contributed by atoms with Gasteiger partial charge >= 0.3 is 6.09 Å². The lowest BCUT2D eigenvalue weighted by Crippen LogP contribution is -2.43. The van der Waals surface area contributed by atoms with Crippen LogP contribution in [-0.2, 0) is 0 Å². The normalized spacial score (nSPS) is 17.9. The number of nitrogens with one attached hydrogen (secondary N) is 4. The second-order valence-corrected chi connectivity index (χ2v) is 9.80. The molecule has 2 aliphatic carbocycles. The van der Waals surface area contributed by atoms with Crippen LogP contribution in [0.15, 0.2) is 30.9 Å². The Morgan fingerprint density at radius 2 is 1.84 bits per heavy atom. The maximum absolute atomic E-state index is 9.94. The summed E-state index contributed by atoms with van der Waals surface area (Å²) in [6, 6.07) is 1.86. The Kier molecular flexibility index (Phi) is 10.6. The molecule has 0 aromatic carbocycles. The molecule has 2 saturated carbocycles. The zero-order valence-electron chi connectivity index (χ0n) is 22.6. The molecule has 204 valence electrons. The molecule has 0 spiro atoms. The summed E-state index contributed by atoms with van der Waals surface area (Å²) in [5.74, 6) is 2.56. The Bertz CT molecular complexity index is 1070. The van der Waals surface area contributed by atoms with Crippen molar-refractivity contribution in [1.29, 1.82) is 0 Å². The first-order chi connectivity index (χ1) is 17.9. The van der Waals surface area contributed by atoms with E-state index in [1.807, 2.05) is 43.6 Å². The van der Waals surface area contributed by atoms with Gasteiger partial charge in [-0.2, -0.15) is 5.10 Å². The molecule has 0 unspecified atom stereocenters. The first-order valence-electron chi connectivity index (χ1n) is 13.5. The van der Waals surface area contributed by atoms with E-state index in [1.54, 1.807) is 12.4 Å². The average Bonchev–Trinajstić information content (AvgIpc) is 3.40. The summed E-state index contributed by atoms with van der Waals surface area (Å²) in [6.07, 6.45) is 14.3. The summed E-state index contributed by atoms with van der Waals surface area (Å²) < 4.78 is 1.96. The minimum absolute atomic E-state index is 0.0775. The van der Waals surface area contributed by atoms with Crippen molar-refractivity contribution in [3.8, 4) is 0 Å². The minimum atomic E-state index is -0.912. The van der Waals surface area contributed by atoms with E-state index in [0.717, 1.165) is 62.1 Å². The molecule has 11 nitrogen and oxygen atoms in total. The van der Waals surface area contributed by atoms with Gasteiger partial charge in [0.15, 0.2) is 5.65 Å². The first kappa shape index (κ1) is 28.2. The molecular formula is C26H43N9O2. The third kappa shape index (κ3) is 8.63. The summed E-state index contributed by atoms with van der Waals surface area (Å²) in [5.41, 5.74) is 1.90. The maximum Gasteiger partial charge on any atom is 0.405 e. The predicted molar refractivity (Wildman–Crippen MR) is 148 cm³/mol. The molecule has 3 aromatic heterocycles. The standard InChI is InChI=1S/C13H16N8.C6H12.C5H9NO2.C2H6/c1-2-17-19-11(1)18-13-16-9-10(12-15-5-8-21(12)13)20-6-3-14-4-7-20;1-6-4-2-3-5-6;1-5(2-3-5)6-4(7)8;1-2/h1-2,5,8-9,14H,3-4,6-7H2,(H2,16,17,18,19);6H,2-5H2,1H3;6H,2-3H2,1H3,(H,7,8);1-2H3. The minimum Gasteiger partial charge on any atom is -0.465 e. The second-order valence-electron chi connectivity index (χ2n) is 9.80. The molecule has 37 heavy (non-hydrogen) atoms. The molecule has 3 aliphatic rings. The van der Waals surface area contributed by atoms with Crippen LogP contribution < -0.4 is 20.9 Å². The van der Waals surface area contributed by atoms with Crippen LogP contribution in [0.5, 0.6) is 0 Å². The molecule has 3 aromatic rings. The fourth-order valence-electron chi connectivity index (χ4n) is 4.27. The van der Waals surface area contributed by atoms with E-state index in [1.165, 1.54) is 25.7 Å². The highest BCUT2D eigenvalue weighted by Gasteiger charge is 2.38. The van der Waals surface area contributed by atoms with Gasteiger partial charge in [0.1, 0.15) is 5.82 Å². The third-order valence-electron chi connectivity index (χ3n) is 6.66. The largest absolute Gasteiger partial charge is 0.465 e. The molecule has 11 heteroatoms. The van der Waals surface area contributed by atoms with Gasteiger partial charge in [-0.15, -0.1) is 0 Å². The summed E-state index contributed by atoms with van der Waals surface area (Å²) >= 11 is 0. The number of piperazine rings is 1. The van der Waals surface area contributed by atoms with Crippen molar-refractivity contribution in [3.05, 3.63) is 30.9 Å². The fourth-order valence-corrected chi connectivity index (χ4v) is 4.27. The van der Waals surface area contributed by atoms with Gasteiger partial charge in [-0.25, -0.2) is 14.8 Å². The topological polar surface area (TPSA) is 136 Å². The molecule has 3 fully saturated rings. The summed E-state index contributed by atoms with van der Waals surface area (Å²) in [5, 5.41) is 23.9. The molecule has 0 atom stereocenters. The van der Waals surface area contributed by atoms with Crippen LogP contribution >= 0.6 is 0 Å².